The molecule has 1 aromatic carbocycles. The molecule has 0 spiro atoms. The first kappa shape index (κ1) is 25.0. The fourth-order valence-corrected chi connectivity index (χ4v) is 3.48. The lowest BCUT2D eigenvalue weighted by Gasteiger charge is -2.26. The second kappa shape index (κ2) is 12.0. The molecule has 0 unspecified atom stereocenters. The number of hydrogen-bond donors (Lipinski definition) is 3. The zero-order chi connectivity index (χ0) is 23.7. The molecular weight excluding hydrogens is 440 g/mol. The number of thiocarbonyl (C=S) groups is 1. The molecule has 1 aliphatic heterocycles. The van der Waals surface area contributed by atoms with Crippen LogP contribution in [0.15, 0.2) is 40.8 Å². The molecule has 8 nitrogen and oxygen atoms in total. The van der Waals surface area contributed by atoms with E-state index in [1.165, 1.54) is 5.56 Å². The molecule has 33 heavy (non-hydrogen) atoms. The van der Waals surface area contributed by atoms with Crippen LogP contribution >= 0.6 is 12.2 Å². The highest BCUT2D eigenvalue weighted by molar-refractivity contribution is 7.80. The molecule has 0 bridgehead atoms. The van der Waals surface area contributed by atoms with Crippen LogP contribution in [0.1, 0.15) is 49.1 Å². The number of amides is 1. The van der Waals surface area contributed by atoms with Gasteiger partial charge in [0.25, 0.3) is 0 Å². The van der Waals surface area contributed by atoms with Crippen molar-refractivity contribution in [2.24, 2.45) is 0 Å². The first-order valence-electron chi connectivity index (χ1n) is 11.3. The molecule has 0 aliphatic carbocycles. The normalized spacial score (nSPS) is 14.5. The highest BCUT2D eigenvalue weighted by Gasteiger charge is 2.14. The van der Waals surface area contributed by atoms with Gasteiger partial charge in [-0.3, -0.25) is 20.5 Å². The number of rotatable bonds is 8. The molecule has 1 saturated heterocycles. The number of benzene rings is 1. The third-order valence-corrected chi connectivity index (χ3v) is 5.56. The number of ether oxygens (including phenoxy) is 2. The summed E-state index contributed by atoms with van der Waals surface area (Å²) < 4.78 is 16.7. The van der Waals surface area contributed by atoms with Crippen molar-refractivity contribution in [3.63, 3.8) is 0 Å². The SMILES string of the molecule is CC(C)(C)c1ccc(OCc2ccc(C(=O)NNC(=S)NCCCN3CCOCC3)o2)cc1. The highest BCUT2D eigenvalue weighted by atomic mass is 32.1. The number of carbonyl (C=O) groups is 1. The summed E-state index contributed by atoms with van der Waals surface area (Å²) in [6.07, 6.45) is 0.955. The van der Waals surface area contributed by atoms with Crippen molar-refractivity contribution in [1.82, 2.24) is 21.1 Å². The van der Waals surface area contributed by atoms with Gasteiger partial charge in [0.15, 0.2) is 10.9 Å². The molecule has 2 aromatic rings. The summed E-state index contributed by atoms with van der Waals surface area (Å²) in [4.78, 5) is 14.7. The maximum atomic E-state index is 12.3. The number of nitrogens with zero attached hydrogens (tertiary/aromatic N) is 1. The Morgan fingerprint density at radius 2 is 1.82 bits per heavy atom. The third-order valence-electron chi connectivity index (χ3n) is 5.32. The molecule has 1 amide bonds. The fraction of sp³-hybridized carbons (Fsp3) is 0.500. The molecule has 1 fully saturated rings. The minimum Gasteiger partial charge on any atom is -0.486 e. The molecule has 1 aliphatic rings. The van der Waals surface area contributed by atoms with Crippen LogP contribution in [-0.2, 0) is 16.8 Å². The Bertz CT molecular complexity index is 902. The van der Waals surface area contributed by atoms with Gasteiger partial charge in [0.05, 0.1) is 13.2 Å². The van der Waals surface area contributed by atoms with E-state index in [4.69, 9.17) is 26.1 Å². The monoisotopic (exact) mass is 474 g/mol. The van der Waals surface area contributed by atoms with Gasteiger partial charge < -0.3 is 19.2 Å². The molecule has 9 heteroatoms. The summed E-state index contributed by atoms with van der Waals surface area (Å²) in [7, 11) is 0. The lowest BCUT2D eigenvalue weighted by molar-refractivity contribution is 0.0376. The molecule has 2 heterocycles. The first-order valence-corrected chi connectivity index (χ1v) is 11.7. The van der Waals surface area contributed by atoms with Crippen molar-refractivity contribution >= 4 is 23.2 Å². The number of nitrogens with one attached hydrogen (secondary N) is 3. The highest BCUT2D eigenvalue weighted by Crippen LogP contribution is 2.24. The van der Waals surface area contributed by atoms with Gasteiger partial charge in [-0.2, -0.15) is 0 Å². The first-order chi connectivity index (χ1) is 15.8. The average Bonchev–Trinajstić information content (AvgIpc) is 3.28. The fourth-order valence-electron chi connectivity index (χ4n) is 3.33. The lowest BCUT2D eigenvalue weighted by atomic mass is 9.87. The van der Waals surface area contributed by atoms with Crippen LogP contribution in [0.2, 0.25) is 0 Å². The van der Waals surface area contributed by atoms with E-state index >= 15 is 0 Å². The van der Waals surface area contributed by atoms with Crippen molar-refractivity contribution in [3.8, 4) is 5.75 Å². The molecule has 3 N–H and O–H groups in total. The van der Waals surface area contributed by atoms with Gasteiger partial charge >= 0.3 is 5.91 Å². The molecular formula is C24H34N4O4S. The van der Waals surface area contributed by atoms with Gasteiger partial charge in [-0.1, -0.05) is 32.9 Å². The van der Waals surface area contributed by atoms with Crippen LogP contribution in [0.3, 0.4) is 0 Å². The van der Waals surface area contributed by atoms with Gasteiger partial charge in [-0.05, 0) is 60.4 Å². The van der Waals surface area contributed by atoms with Gasteiger partial charge in [-0.15, -0.1) is 0 Å². The van der Waals surface area contributed by atoms with Crippen molar-refractivity contribution in [2.75, 3.05) is 39.4 Å². The second-order valence-corrected chi connectivity index (χ2v) is 9.38. The minimum atomic E-state index is -0.409. The summed E-state index contributed by atoms with van der Waals surface area (Å²) in [6, 6.07) is 11.3. The van der Waals surface area contributed by atoms with Crippen molar-refractivity contribution in [2.45, 2.75) is 39.2 Å². The number of hydrazine groups is 1. The van der Waals surface area contributed by atoms with Crippen LogP contribution in [0.25, 0.3) is 0 Å². The Balaban J connectivity index is 1.33. The van der Waals surface area contributed by atoms with Gasteiger partial charge in [-0.25, -0.2) is 0 Å². The van der Waals surface area contributed by atoms with Crippen LogP contribution in [0.5, 0.6) is 5.75 Å². The molecule has 3 rings (SSSR count). The van der Waals surface area contributed by atoms with E-state index in [2.05, 4.69) is 54.0 Å². The minimum absolute atomic E-state index is 0.0938. The quantitative estimate of drug-likeness (QED) is 0.306. The van der Waals surface area contributed by atoms with E-state index in [1.54, 1.807) is 12.1 Å². The standard InChI is InChI=1S/C24H34N4O4S/c1-24(2,3)18-5-7-19(8-6-18)31-17-20-9-10-21(32-20)22(29)26-27-23(33)25-11-4-12-28-13-15-30-16-14-28/h5-10H,4,11-17H2,1-3H3,(H,26,29)(H2,25,27,33). The van der Waals surface area contributed by atoms with E-state index in [1.807, 2.05) is 12.1 Å². The Kier molecular flexibility index (Phi) is 9.11. The van der Waals surface area contributed by atoms with Crippen LogP contribution in [0.4, 0.5) is 0 Å². The number of morpholine rings is 1. The second-order valence-electron chi connectivity index (χ2n) is 8.97. The third kappa shape index (κ3) is 8.34. The van der Waals surface area contributed by atoms with Crippen LogP contribution < -0.4 is 20.9 Å². The van der Waals surface area contributed by atoms with Crippen LogP contribution in [-0.4, -0.2) is 55.3 Å². The Morgan fingerprint density at radius 1 is 1.09 bits per heavy atom. The molecule has 180 valence electrons. The van der Waals surface area contributed by atoms with Crippen molar-refractivity contribution < 1.29 is 18.7 Å². The number of furan rings is 1. The molecule has 0 radical (unpaired) electrons. The van der Waals surface area contributed by atoms with E-state index < -0.39 is 5.91 Å². The van der Waals surface area contributed by atoms with E-state index in [-0.39, 0.29) is 17.8 Å². The van der Waals surface area contributed by atoms with Gasteiger partial charge in [0.1, 0.15) is 18.1 Å². The number of hydrogen-bond acceptors (Lipinski definition) is 6. The maximum absolute atomic E-state index is 12.3. The Hall–Kier alpha value is -2.62. The van der Waals surface area contributed by atoms with Crippen molar-refractivity contribution in [3.05, 3.63) is 53.5 Å². The molecule has 0 saturated carbocycles. The summed E-state index contributed by atoms with van der Waals surface area (Å²) in [5, 5.41) is 3.44. The summed E-state index contributed by atoms with van der Waals surface area (Å²) >= 11 is 5.20. The van der Waals surface area contributed by atoms with Gasteiger partial charge in [0, 0.05) is 19.6 Å². The lowest BCUT2D eigenvalue weighted by Crippen LogP contribution is -2.47. The predicted molar refractivity (Wildman–Crippen MR) is 131 cm³/mol. The summed E-state index contributed by atoms with van der Waals surface area (Å²) in [6.45, 7) is 12.0. The molecule has 1 aromatic heterocycles. The topological polar surface area (TPSA) is 88.0 Å². The van der Waals surface area contributed by atoms with Gasteiger partial charge in [0.2, 0.25) is 0 Å². The Morgan fingerprint density at radius 3 is 2.52 bits per heavy atom. The number of carbonyl (C=O) groups excluding carboxylic acids is 1. The molecule has 0 atom stereocenters. The largest absolute Gasteiger partial charge is 0.486 e. The Labute approximate surface area is 201 Å². The zero-order valence-corrected chi connectivity index (χ0v) is 20.4. The van der Waals surface area contributed by atoms with E-state index in [9.17, 15) is 4.79 Å². The average molecular weight is 475 g/mol. The zero-order valence-electron chi connectivity index (χ0n) is 19.6. The smallest absolute Gasteiger partial charge is 0.305 e. The van der Waals surface area contributed by atoms with E-state index in [0.717, 1.165) is 51.6 Å². The van der Waals surface area contributed by atoms with Crippen LogP contribution in [0, 0.1) is 0 Å². The predicted octanol–water partition coefficient (Wildman–Crippen LogP) is 2.99. The van der Waals surface area contributed by atoms with Crippen molar-refractivity contribution in [1.29, 1.82) is 0 Å². The summed E-state index contributed by atoms with van der Waals surface area (Å²) in [5.74, 6) is 1.08. The van der Waals surface area contributed by atoms with E-state index in [0.29, 0.717) is 10.9 Å². The summed E-state index contributed by atoms with van der Waals surface area (Å²) in [5.41, 5.74) is 6.58. The maximum Gasteiger partial charge on any atom is 0.305 e.